The van der Waals surface area contributed by atoms with Crippen molar-refractivity contribution >= 4 is 23.1 Å². The number of nitrogens with one attached hydrogen (secondary N) is 1. The first kappa shape index (κ1) is 12.3. The zero-order valence-corrected chi connectivity index (χ0v) is 9.50. The number of nitrogens with two attached hydrogens (primary N) is 1. The first-order valence-corrected chi connectivity index (χ1v) is 4.89. The Kier molecular flexibility index (Phi) is 4.07. The van der Waals surface area contributed by atoms with E-state index in [1.807, 2.05) is 0 Å². The number of aromatic hydroxyl groups is 1. The Hall–Kier alpha value is -1.82. The molecule has 0 atom stereocenters. The lowest BCUT2D eigenvalue weighted by molar-refractivity contribution is 0.0956. The highest BCUT2D eigenvalue weighted by molar-refractivity contribution is 7.80. The number of phenolic OH excluding ortho intramolecular Hbond substituents is 1. The first-order chi connectivity index (χ1) is 7.56. The van der Waals surface area contributed by atoms with E-state index in [-0.39, 0.29) is 28.6 Å². The van der Waals surface area contributed by atoms with Gasteiger partial charge in [0.15, 0.2) is 11.5 Å². The quantitative estimate of drug-likeness (QED) is 0.664. The number of methoxy groups -OCH3 is 1. The molecule has 0 fully saturated rings. The maximum absolute atomic E-state index is 11.6. The van der Waals surface area contributed by atoms with E-state index in [0.717, 1.165) is 0 Å². The minimum atomic E-state index is -0.454. The minimum Gasteiger partial charge on any atom is -0.504 e. The summed E-state index contributed by atoms with van der Waals surface area (Å²) in [4.78, 5) is 11.8. The predicted molar refractivity (Wildman–Crippen MR) is 63.8 cm³/mol. The molecule has 0 unspecified atom stereocenters. The summed E-state index contributed by atoms with van der Waals surface area (Å²) in [7, 11) is 1.41. The van der Waals surface area contributed by atoms with Crippen LogP contribution < -0.4 is 15.8 Å². The Morgan fingerprint density at radius 1 is 1.62 bits per heavy atom. The highest BCUT2D eigenvalue weighted by atomic mass is 32.1. The van der Waals surface area contributed by atoms with Crippen molar-refractivity contribution in [3.8, 4) is 11.5 Å². The van der Waals surface area contributed by atoms with Crippen molar-refractivity contribution in [3.63, 3.8) is 0 Å². The second-order valence-electron chi connectivity index (χ2n) is 3.01. The molecule has 16 heavy (non-hydrogen) atoms. The van der Waals surface area contributed by atoms with Crippen LogP contribution in [0.4, 0.5) is 0 Å². The number of amides is 1. The molecule has 0 aromatic heterocycles. The van der Waals surface area contributed by atoms with E-state index in [9.17, 15) is 9.90 Å². The number of ether oxygens (including phenoxy) is 1. The number of carbonyl (C=O) groups is 1. The van der Waals surface area contributed by atoms with Gasteiger partial charge in [0.2, 0.25) is 0 Å². The molecular formula is C10H12N2O3S. The number of hydrogen-bond donors (Lipinski definition) is 3. The fraction of sp³-hybridized carbons (Fsp3) is 0.200. The first-order valence-electron chi connectivity index (χ1n) is 4.48. The van der Waals surface area contributed by atoms with Gasteiger partial charge in [-0.1, -0.05) is 18.3 Å². The Morgan fingerprint density at radius 3 is 2.88 bits per heavy atom. The fourth-order valence-electron chi connectivity index (χ4n) is 1.13. The number of carbonyl (C=O) groups excluding carboxylic acids is 1. The highest BCUT2D eigenvalue weighted by Crippen LogP contribution is 2.28. The van der Waals surface area contributed by atoms with Crippen LogP contribution in [0.3, 0.4) is 0 Å². The van der Waals surface area contributed by atoms with E-state index in [2.05, 4.69) is 17.5 Å². The zero-order valence-electron chi connectivity index (χ0n) is 8.69. The third kappa shape index (κ3) is 2.83. The van der Waals surface area contributed by atoms with Crippen LogP contribution in [0.15, 0.2) is 18.2 Å². The van der Waals surface area contributed by atoms with Crippen molar-refractivity contribution in [2.24, 2.45) is 5.73 Å². The van der Waals surface area contributed by atoms with E-state index in [1.165, 1.54) is 13.2 Å². The average Bonchev–Trinajstić information content (AvgIpc) is 2.26. The van der Waals surface area contributed by atoms with Gasteiger partial charge < -0.3 is 20.9 Å². The summed E-state index contributed by atoms with van der Waals surface area (Å²) >= 11 is 4.62. The standard InChI is InChI=1S/C10H12N2O3S/c1-15-7-4-2-3-6(9(7)13)10(14)12-5-8(11)16/h2-4,13H,5H2,1H3,(H2,11,16)(H,12,14). The van der Waals surface area contributed by atoms with Gasteiger partial charge in [-0.25, -0.2) is 0 Å². The normalized spacial score (nSPS) is 9.56. The van der Waals surface area contributed by atoms with Crippen LogP contribution in [0.1, 0.15) is 10.4 Å². The molecule has 86 valence electrons. The molecule has 1 aromatic rings. The van der Waals surface area contributed by atoms with Gasteiger partial charge >= 0.3 is 0 Å². The molecule has 0 aliphatic heterocycles. The van der Waals surface area contributed by atoms with E-state index in [4.69, 9.17) is 10.5 Å². The van der Waals surface area contributed by atoms with Crippen LogP contribution in [-0.2, 0) is 0 Å². The minimum absolute atomic E-state index is 0.0881. The second-order valence-corrected chi connectivity index (χ2v) is 3.53. The molecule has 1 aromatic carbocycles. The Bertz CT molecular complexity index is 421. The maximum Gasteiger partial charge on any atom is 0.255 e. The molecule has 0 aliphatic rings. The molecule has 1 rings (SSSR count). The van der Waals surface area contributed by atoms with Crippen molar-refractivity contribution in [2.45, 2.75) is 0 Å². The van der Waals surface area contributed by atoms with Gasteiger partial charge in [0, 0.05) is 0 Å². The number of benzene rings is 1. The van der Waals surface area contributed by atoms with Crippen molar-refractivity contribution in [2.75, 3.05) is 13.7 Å². The van der Waals surface area contributed by atoms with Crippen molar-refractivity contribution in [3.05, 3.63) is 23.8 Å². The number of hydrogen-bond acceptors (Lipinski definition) is 4. The van der Waals surface area contributed by atoms with Crippen molar-refractivity contribution in [1.82, 2.24) is 5.32 Å². The van der Waals surface area contributed by atoms with E-state index in [0.29, 0.717) is 0 Å². The molecule has 0 bridgehead atoms. The van der Waals surface area contributed by atoms with Crippen LogP contribution in [0.5, 0.6) is 11.5 Å². The van der Waals surface area contributed by atoms with Crippen LogP contribution in [0, 0.1) is 0 Å². The molecule has 0 radical (unpaired) electrons. The largest absolute Gasteiger partial charge is 0.504 e. The fourth-order valence-corrected chi connectivity index (χ4v) is 1.21. The van der Waals surface area contributed by atoms with Gasteiger partial charge in [-0.15, -0.1) is 0 Å². The van der Waals surface area contributed by atoms with Crippen LogP contribution in [-0.4, -0.2) is 29.7 Å². The maximum atomic E-state index is 11.6. The third-order valence-electron chi connectivity index (χ3n) is 1.89. The summed E-state index contributed by atoms with van der Waals surface area (Å²) in [6.07, 6.45) is 0. The van der Waals surface area contributed by atoms with Gasteiger partial charge in [0.05, 0.1) is 24.2 Å². The topological polar surface area (TPSA) is 84.6 Å². The van der Waals surface area contributed by atoms with Gasteiger partial charge in [-0.3, -0.25) is 4.79 Å². The van der Waals surface area contributed by atoms with E-state index < -0.39 is 5.91 Å². The SMILES string of the molecule is COc1cccc(C(=O)NCC(N)=S)c1O. The molecule has 4 N–H and O–H groups in total. The second kappa shape index (κ2) is 5.32. The molecule has 5 nitrogen and oxygen atoms in total. The van der Waals surface area contributed by atoms with Crippen LogP contribution in [0.25, 0.3) is 0 Å². The molecule has 0 saturated carbocycles. The third-order valence-corrected chi connectivity index (χ3v) is 2.03. The molecule has 0 heterocycles. The number of thiocarbonyl (C=S) groups is 1. The molecule has 0 spiro atoms. The molecule has 0 aliphatic carbocycles. The zero-order chi connectivity index (χ0) is 12.1. The number of para-hydroxylation sites is 1. The van der Waals surface area contributed by atoms with E-state index in [1.54, 1.807) is 12.1 Å². The van der Waals surface area contributed by atoms with Gasteiger partial charge in [0.25, 0.3) is 5.91 Å². The summed E-state index contributed by atoms with van der Waals surface area (Å²) in [6, 6.07) is 4.64. The lowest BCUT2D eigenvalue weighted by atomic mass is 10.1. The monoisotopic (exact) mass is 240 g/mol. The Balaban J connectivity index is 2.87. The van der Waals surface area contributed by atoms with Crippen molar-refractivity contribution in [1.29, 1.82) is 0 Å². The number of phenols is 1. The Morgan fingerprint density at radius 2 is 2.31 bits per heavy atom. The van der Waals surface area contributed by atoms with Crippen LogP contribution in [0.2, 0.25) is 0 Å². The molecule has 1 amide bonds. The summed E-state index contributed by atoms with van der Waals surface area (Å²) in [6.45, 7) is 0.0881. The molecule has 6 heteroatoms. The van der Waals surface area contributed by atoms with Gasteiger partial charge in [0.1, 0.15) is 0 Å². The van der Waals surface area contributed by atoms with Crippen LogP contribution >= 0.6 is 12.2 Å². The number of rotatable bonds is 4. The summed E-state index contributed by atoms with van der Waals surface area (Å²) in [5, 5.41) is 12.1. The van der Waals surface area contributed by atoms with Gasteiger partial charge in [-0.2, -0.15) is 0 Å². The lowest BCUT2D eigenvalue weighted by Gasteiger charge is -2.08. The summed E-state index contributed by atoms with van der Waals surface area (Å²) in [5.41, 5.74) is 5.36. The lowest BCUT2D eigenvalue weighted by Crippen LogP contribution is -2.32. The van der Waals surface area contributed by atoms with Gasteiger partial charge in [-0.05, 0) is 12.1 Å². The van der Waals surface area contributed by atoms with E-state index >= 15 is 0 Å². The summed E-state index contributed by atoms with van der Waals surface area (Å²) < 4.78 is 4.88. The molecule has 0 saturated heterocycles. The average molecular weight is 240 g/mol. The Labute approximate surface area is 98.2 Å². The summed E-state index contributed by atoms with van der Waals surface area (Å²) in [5.74, 6) is -0.419. The highest BCUT2D eigenvalue weighted by Gasteiger charge is 2.14. The molecular weight excluding hydrogens is 228 g/mol. The predicted octanol–water partition coefficient (Wildman–Crippen LogP) is 0.417. The smallest absolute Gasteiger partial charge is 0.255 e. The van der Waals surface area contributed by atoms with Crippen molar-refractivity contribution < 1.29 is 14.6 Å².